The van der Waals surface area contributed by atoms with E-state index in [1.54, 1.807) is 6.07 Å². The van der Waals surface area contributed by atoms with E-state index >= 15 is 0 Å². The summed E-state index contributed by atoms with van der Waals surface area (Å²) in [5.41, 5.74) is -0.362. The van der Waals surface area contributed by atoms with Crippen LogP contribution in [0.5, 0.6) is 0 Å². The summed E-state index contributed by atoms with van der Waals surface area (Å²) >= 11 is 0. The van der Waals surface area contributed by atoms with E-state index < -0.39 is 5.56 Å². The molecule has 0 aliphatic heterocycles. The smallest absolute Gasteiger partial charge is 0.268 e. The lowest BCUT2D eigenvalue weighted by Gasteiger charge is -2.00. The van der Waals surface area contributed by atoms with Crippen LogP contribution in [0.1, 0.15) is 18.3 Å². The number of nitrogens with one attached hydrogen (secondary N) is 1. The van der Waals surface area contributed by atoms with E-state index in [0.717, 1.165) is 0 Å². The molecule has 0 spiro atoms. The molecule has 1 N–H and O–H groups in total. The van der Waals surface area contributed by atoms with Crippen molar-refractivity contribution in [3.05, 3.63) is 27.9 Å². The summed E-state index contributed by atoms with van der Waals surface area (Å²) in [5, 5.41) is 8.49. The topological polar surface area (TPSA) is 78.8 Å². The maximum atomic E-state index is 11.1. The molecule has 0 amide bonds. The first kappa shape index (κ1) is 10.4. The number of aromatic nitrogens is 2. The largest absolute Gasteiger partial charge is 0.381 e. The molecule has 14 heavy (non-hydrogen) atoms. The van der Waals surface area contributed by atoms with Crippen molar-refractivity contribution < 1.29 is 4.74 Å². The zero-order chi connectivity index (χ0) is 10.4. The lowest BCUT2D eigenvalue weighted by Crippen LogP contribution is -2.15. The summed E-state index contributed by atoms with van der Waals surface area (Å²) in [5.74, 6) is 0.544. The van der Waals surface area contributed by atoms with E-state index in [2.05, 4.69) is 9.97 Å². The third-order valence-corrected chi connectivity index (χ3v) is 1.66. The van der Waals surface area contributed by atoms with Gasteiger partial charge in [0.25, 0.3) is 5.56 Å². The molecule has 0 aliphatic rings. The van der Waals surface area contributed by atoms with Gasteiger partial charge in [0.15, 0.2) is 0 Å². The van der Waals surface area contributed by atoms with Crippen molar-refractivity contribution in [1.82, 2.24) is 9.97 Å². The number of H-pyrrole nitrogens is 1. The molecule has 1 aromatic heterocycles. The Balaban J connectivity index is 2.68. The fourth-order valence-corrected chi connectivity index (χ4v) is 0.952. The molecule has 1 heterocycles. The second-order valence-corrected chi connectivity index (χ2v) is 2.63. The van der Waals surface area contributed by atoms with Gasteiger partial charge >= 0.3 is 0 Å². The van der Waals surface area contributed by atoms with Crippen molar-refractivity contribution in [2.75, 3.05) is 13.2 Å². The third kappa shape index (κ3) is 2.68. The van der Waals surface area contributed by atoms with Gasteiger partial charge in [0.1, 0.15) is 17.5 Å². The minimum atomic E-state index is -0.394. The zero-order valence-corrected chi connectivity index (χ0v) is 7.91. The van der Waals surface area contributed by atoms with Gasteiger partial charge in [-0.3, -0.25) is 4.79 Å². The quantitative estimate of drug-likeness (QED) is 0.694. The van der Waals surface area contributed by atoms with Gasteiger partial charge in [-0.2, -0.15) is 5.26 Å². The SMILES string of the molecule is CCOCCc1ncc(C#N)c(=O)[nH]1. The van der Waals surface area contributed by atoms with Crippen LogP contribution in [0.2, 0.25) is 0 Å². The molecule has 5 heteroatoms. The first-order chi connectivity index (χ1) is 6.77. The fraction of sp³-hybridized carbons (Fsp3) is 0.444. The second-order valence-electron chi connectivity index (χ2n) is 2.63. The molecule has 5 nitrogen and oxygen atoms in total. The Bertz CT molecular complexity index is 392. The van der Waals surface area contributed by atoms with Gasteiger partial charge in [0.05, 0.1) is 12.8 Å². The lowest BCUT2D eigenvalue weighted by molar-refractivity contribution is 0.149. The molecule has 1 rings (SSSR count). The Morgan fingerprint density at radius 2 is 2.50 bits per heavy atom. The number of hydrogen-bond acceptors (Lipinski definition) is 4. The van der Waals surface area contributed by atoms with Gasteiger partial charge in [0.2, 0.25) is 0 Å². The highest BCUT2D eigenvalue weighted by atomic mass is 16.5. The molecule has 0 fully saturated rings. The predicted octanol–water partition coefficient (Wildman–Crippen LogP) is 0.221. The number of hydrogen-bond donors (Lipinski definition) is 1. The molecule has 0 saturated carbocycles. The van der Waals surface area contributed by atoms with Gasteiger partial charge in [0, 0.05) is 13.0 Å². The zero-order valence-electron chi connectivity index (χ0n) is 7.91. The number of nitrogens with zero attached hydrogens (tertiary/aromatic N) is 2. The fourth-order valence-electron chi connectivity index (χ4n) is 0.952. The molecular weight excluding hydrogens is 182 g/mol. The number of nitriles is 1. The molecule has 0 atom stereocenters. The monoisotopic (exact) mass is 193 g/mol. The van der Waals surface area contributed by atoms with Crippen molar-refractivity contribution in [3.63, 3.8) is 0 Å². The van der Waals surface area contributed by atoms with Crippen LogP contribution in [0, 0.1) is 11.3 Å². The van der Waals surface area contributed by atoms with E-state index in [9.17, 15) is 4.79 Å². The number of ether oxygens (including phenoxy) is 1. The van der Waals surface area contributed by atoms with Crippen molar-refractivity contribution >= 4 is 0 Å². The van der Waals surface area contributed by atoms with Crippen molar-refractivity contribution in [3.8, 4) is 6.07 Å². The Kier molecular flexibility index (Phi) is 3.83. The highest BCUT2D eigenvalue weighted by Crippen LogP contribution is 1.90. The van der Waals surface area contributed by atoms with E-state index in [0.29, 0.717) is 25.5 Å². The molecular formula is C9H11N3O2. The molecule has 74 valence electrons. The summed E-state index contributed by atoms with van der Waals surface area (Å²) in [7, 11) is 0. The van der Waals surface area contributed by atoms with Crippen molar-refractivity contribution in [2.45, 2.75) is 13.3 Å². The highest BCUT2D eigenvalue weighted by molar-refractivity contribution is 5.21. The molecule has 0 unspecified atom stereocenters. The Hall–Kier alpha value is -1.67. The summed E-state index contributed by atoms with van der Waals surface area (Å²) in [4.78, 5) is 17.6. The van der Waals surface area contributed by atoms with E-state index in [1.807, 2.05) is 6.92 Å². The average molecular weight is 193 g/mol. The van der Waals surface area contributed by atoms with Crippen LogP contribution >= 0.6 is 0 Å². The minimum Gasteiger partial charge on any atom is -0.381 e. The summed E-state index contributed by atoms with van der Waals surface area (Å²) in [6.45, 7) is 3.06. The normalized spacial score (nSPS) is 9.71. The van der Waals surface area contributed by atoms with Crippen LogP contribution in [0.25, 0.3) is 0 Å². The van der Waals surface area contributed by atoms with E-state index in [1.165, 1.54) is 6.20 Å². The standard InChI is InChI=1S/C9H11N3O2/c1-2-14-4-3-8-11-6-7(5-10)9(13)12-8/h6H,2-4H2,1H3,(H,11,12,13). The predicted molar refractivity (Wildman–Crippen MR) is 49.8 cm³/mol. The number of aromatic amines is 1. The third-order valence-electron chi connectivity index (χ3n) is 1.66. The lowest BCUT2D eigenvalue weighted by atomic mass is 10.3. The van der Waals surface area contributed by atoms with Gasteiger partial charge in [-0.15, -0.1) is 0 Å². The van der Waals surface area contributed by atoms with Gasteiger partial charge in [-0.1, -0.05) is 0 Å². The summed E-state index contributed by atoms with van der Waals surface area (Å²) < 4.78 is 5.11. The minimum absolute atomic E-state index is 0.0326. The van der Waals surface area contributed by atoms with Gasteiger partial charge < -0.3 is 9.72 Å². The molecule has 0 saturated heterocycles. The number of rotatable bonds is 4. The van der Waals surface area contributed by atoms with E-state index in [-0.39, 0.29) is 5.56 Å². The van der Waals surface area contributed by atoms with Gasteiger partial charge in [-0.25, -0.2) is 4.98 Å². The van der Waals surface area contributed by atoms with Crippen LogP contribution in [0.4, 0.5) is 0 Å². The van der Waals surface area contributed by atoms with Crippen LogP contribution in [-0.2, 0) is 11.2 Å². The first-order valence-electron chi connectivity index (χ1n) is 4.34. The van der Waals surface area contributed by atoms with Crippen LogP contribution in [0.15, 0.2) is 11.0 Å². The molecule has 0 bridgehead atoms. The second kappa shape index (κ2) is 5.14. The first-order valence-corrected chi connectivity index (χ1v) is 4.34. The maximum Gasteiger partial charge on any atom is 0.268 e. The average Bonchev–Trinajstić information content (AvgIpc) is 2.18. The van der Waals surface area contributed by atoms with Crippen LogP contribution < -0.4 is 5.56 Å². The van der Waals surface area contributed by atoms with Crippen molar-refractivity contribution in [1.29, 1.82) is 5.26 Å². The van der Waals surface area contributed by atoms with Crippen molar-refractivity contribution in [2.24, 2.45) is 0 Å². The summed E-state index contributed by atoms with van der Waals surface area (Å²) in [6.07, 6.45) is 1.83. The van der Waals surface area contributed by atoms with Crippen LogP contribution in [0.3, 0.4) is 0 Å². The molecule has 1 aromatic rings. The molecule has 0 radical (unpaired) electrons. The van der Waals surface area contributed by atoms with Crippen LogP contribution in [-0.4, -0.2) is 23.2 Å². The Morgan fingerprint density at radius 3 is 3.07 bits per heavy atom. The Morgan fingerprint density at radius 1 is 1.71 bits per heavy atom. The molecule has 0 aromatic carbocycles. The van der Waals surface area contributed by atoms with E-state index in [4.69, 9.17) is 10.00 Å². The highest BCUT2D eigenvalue weighted by Gasteiger charge is 2.00. The Labute approximate surface area is 81.4 Å². The maximum absolute atomic E-state index is 11.1. The molecule has 0 aliphatic carbocycles. The van der Waals surface area contributed by atoms with Gasteiger partial charge in [-0.05, 0) is 6.92 Å². The summed E-state index contributed by atoms with van der Waals surface area (Å²) in [6, 6.07) is 1.75.